The molecule has 0 aliphatic carbocycles. The Morgan fingerprint density at radius 1 is 1.25 bits per heavy atom. The highest BCUT2D eigenvalue weighted by Gasteiger charge is 2.06. The van der Waals surface area contributed by atoms with E-state index < -0.39 is 0 Å². The molecule has 0 bridgehead atoms. The smallest absolute Gasteiger partial charge is 0.219 e. The summed E-state index contributed by atoms with van der Waals surface area (Å²) in [6.45, 7) is 6.79. The van der Waals surface area contributed by atoms with Crippen molar-refractivity contribution in [3.8, 4) is 11.6 Å². The molecule has 0 spiro atoms. The molecule has 20 heavy (non-hydrogen) atoms. The molecule has 2 rings (SSSR count). The van der Waals surface area contributed by atoms with E-state index in [1.807, 2.05) is 25.1 Å². The van der Waals surface area contributed by atoms with Gasteiger partial charge >= 0.3 is 0 Å². The normalized spacial score (nSPS) is 10.8. The predicted octanol–water partition coefficient (Wildman–Crippen LogP) is 3.73. The second-order valence-corrected chi connectivity index (χ2v) is 5.29. The molecule has 0 atom stereocenters. The highest BCUT2D eigenvalue weighted by molar-refractivity contribution is 6.31. The van der Waals surface area contributed by atoms with Gasteiger partial charge in [-0.1, -0.05) is 25.4 Å². The van der Waals surface area contributed by atoms with Gasteiger partial charge in [-0.25, -0.2) is 4.98 Å². The number of aromatic nitrogens is 2. The minimum Gasteiger partial charge on any atom is -0.437 e. The van der Waals surface area contributed by atoms with Crippen molar-refractivity contribution in [1.29, 1.82) is 0 Å². The average molecular weight is 292 g/mol. The summed E-state index contributed by atoms with van der Waals surface area (Å²) in [7, 11) is 0. The van der Waals surface area contributed by atoms with Crippen LogP contribution in [0.15, 0.2) is 30.6 Å². The van der Waals surface area contributed by atoms with Gasteiger partial charge < -0.3 is 10.1 Å². The van der Waals surface area contributed by atoms with E-state index in [1.54, 1.807) is 12.4 Å². The molecule has 0 saturated carbocycles. The Kier molecular flexibility index (Phi) is 4.93. The highest BCUT2D eigenvalue weighted by atomic mass is 35.5. The fourth-order valence-corrected chi connectivity index (χ4v) is 1.77. The lowest BCUT2D eigenvalue weighted by atomic mass is 10.2. The molecular formula is C15H18ClN3O. The van der Waals surface area contributed by atoms with Crippen LogP contribution in [0.2, 0.25) is 5.02 Å². The van der Waals surface area contributed by atoms with Crippen LogP contribution in [-0.4, -0.2) is 16.0 Å². The topological polar surface area (TPSA) is 47.0 Å². The number of ether oxygens (including phenoxy) is 1. The molecule has 0 saturated heterocycles. The zero-order valence-corrected chi connectivity index (χ0v) is 12.6. The fourth-order valence-electron chi connectivity index (χ4n) is 1.60. The lowest BCUT2D eigenvalue weighted by Gasteiger charge is -2.11. The largest absolute Gasteiger partial charge is 0.437 e. The van der Waals surface area contributed by atoms with Gasteiger partial charge in [-0.15, -0.1) is 0 Å². The van der Waals surface area contributed by atoms with Crippen LogP contribution in [0.25, 0.3) is 0 Å². The third-order valence-corrected chi connectivity index (χ3v) is 3.06. The van der Waals surface area contributed by atoms with Crippen LogP contribution >= 0.6 is 11.6 Å². The van der Waals surface area contributed by atoms with Gasteiger partial charge in [0.05, 0.1) is 11.2 Å². The number of aryl methyl sites for hydroxylation is 1. The number of hydrogen-bond donors (Lipinski definition) is 1. The van der Waals surface area contributed by atoms with E-state index in [2.05, 4.69) is 29.1 Å². The number of nitrogens with zero attached hydrogens (tertiary/aromatic N) is 2. The van der Waals surface area contributed by atoms with Gasteiger partial charge in [0.25, 0.3) is 0 Å². The lowest BCUT2D eigenvalue weighted by Crippen LogP contribution is -2.22. The van der Waals surface area contributed by atoms with Gasteiger partial charge in [-0.2, -0.15) is 0 Å². The van der Waals surface area contributed by atoms with Gasteiger partial charge in [0.1, 0.15) is 5.75 Å². The number of halogens is 1. The lowest BCUT2D eigenvalue weighted by molar-refractivity contribution is 0.459. The Labute approximate surface area is 124 Å². The van der Waals surface area contributed by atoms with Gasteiger partial charge in [-0.05, 0) is 24.6 Å². The summed E-state index contributed by atoms with van der Waals surface area (Å²) in [5, 5.41) is 3.95. The van der Waals surface area contributed by atoms with E-state index in [0.29, 0.717) is 29.2 Å². The number of rotatable bonds is 5. The van der Waals surface area contributed by atoms with E-state index in [9.17, 15) is 0 Å². The van der Waals surface area contributed by atoms with Crippen molar-refractivity contribution >= 4 is 11.6 Å². The maximum absolute atomic E-state index is 6.13. The maximum atomic E-state index is 6.13. The molecule has 0 fully saturated rings. The molecule has 0 aliphatic rings. The average Bonchev–Trinajstić information content (AvgIpc) is 2.42. The third kappa shape index (κ3) is 4.18. The predicted molar refractivity (Wildman–Crippen MR) is 80.3 cm³/mol. The first-order chi connectivity index (χ1) is 9.54. The van der Waals surface area contributed by atoms with Crippen molar-refractivity contribution in [3.05, 3.63) is 46.9 Å². The maximum Gasteiger partial charge on any atom is 0.219 e. The number of nitrogens with one attached hydrogen (secondary N) is 1. The van der Waals surface area contributed by atoms with E-state index in [1.165, 1.54) is 0 Å². The Balaban J connectivity index is 2.12. The first kappa shape index (κ1) is 14.8. The van der Waals surface area contributed by atoms with Crippen molar-refractivity contribution in [2.75, 3.05) is 0 Å². The fraction of sp³-hybridized carbons (Fsp3) is 0.333. The quantitative estimate of drug-likeness (QED) is 0.912. The number of hydrogen-bond acceptors (Lipinski definition) is 4. The van der Waals surface area contributed by atoms with Crippen molar-refractivity contribution in [1.82, 2.24) is 15.3 Å². The van der Waals surface area contributed by atoms with Crippen LogP contribution in [0.4, 0.5) is 0 Å². The van der Waals surface area contributed by atoms with Crippen molar-refractivity contribution in [2.45, 2.75) is 33.4 Å². The summed E-state index contributed by atoms with van der Waals surface area (Å²) in [6.07, 6.45) is 3.29. The van der Waals surface area contributed by atoms with Crippen molar-refractivity contribution < 1.29 is 4.74 Å². The van der Waals surface area contributed by atoms with E-state index in [4.69, 9.17) is 16.3 Å². The number of pyridine rings is 2. The Hall–Kier alpha value is -1.65. The summed E-state index contributed by atoms with van der Waals surface area (Å²) < 4.78 is 5.68. The standard InChI is InChI=1S/C15H18ClN3O/c1-10(2)17-7-12-6-15(19-9-14(12)16)20-13-5-4-11(3)18-8-13/h4-6,8-10,17H,7H2,1-3H3. The van der Waals surface area contributed by atoms with E-state index in [0.717, 1.165) is 11.3 Å². The van der Waals surface area contributed by atoms with Crippen molar-refractivity contribution in [2.24, 2.45) is 0 Å². The molecule has 4 nitrogen and oxygen atoms in total. The van der Waals surface area contributed by atoms with Crippen LogP contribution < -0.4 is 10.1 Å². The molecule has 106 valence electrons. The van der Waals surface area contributed by atoms with Gasteiger partial charge in [0.15, 0.2) is 0 Å². The second kappa shape index (κ2) is 6.68. The minimum absolute atomic E-state index is 0.393. The highest BCUT2D eigenvalue weighted by Crippen LogP contribution is 2.23. The Morgan fingerprint density at radius 3 is 2.70 bits per heavy atom. The summed E-state index contributed by atoms with van der Waals surface area (Å²) >= 11 is 6.13. The van der Waals surface area contributed by atoms with Gasteiger partial charge in [0, 0.05) is 30.5 Å². The summed E-state index contributed by atoms with van der Waals surface area (Å²) in [5.74, 6) is 1.17. The summed E-state index contributed by atoms with van der Waals surface area (Å²) in [6, 6.07) is 6.00. The summed E-state index contributed by atoms with van der Waals surface area (Å²) in [4.78, 5) is 8.36. The SMILES string of the molecule is Cc1ccc(Oc2cc(CNC(C)C)c(Cl)cn2)cn1. The zero-order chi connectivity index (χ0) is 14.5. The summed E-state index contributed by atoms with van der Waals surface area (Å²) in [5.41, 5.74) is 1.91. The molecule has 2 heterocycles. The Morgan fingerprint density at radius 2 is 2.05 bits per heavy atom. The third-order valence-electron chi connectivity index (χ3n) is 2.72. The molecule has 2 aromatic heterocycles. The molecule has 0 radical (unpaired) electrons. The van der Waals surface area contributed by atoms with E-state index in [-0.39, 0.29) is 0 Å². The first-order valence-electron chi connectivity index (χ1n) is 6.53. The molecule has 0 aliphatic heterocycles. The van der Waals surface area contributed by atoms with Crippen LogP contribution in [0, 0.1) is 6.92 Å². The van der Waals surface area contributed by atoms with Crippen LogP contribution in [0.1, 0.15) is 25.1 Å². The molecule has 5 heteroatoms. The van der Waals surface area contributed by atoms with E-state index >= 15 is 0 Å². The molecule has 0 amide bonds. The van der Waals surface area contributed by atoms with Crippen LogP contribution in [0.3, 0.4) is 0 Å². The molecular weight excluding hydrogens is 274 g/mol. The first-order valence-corrected chi connectivity index (χ1v) is 6.90. The van der Waals surface area contributed by atoms with Gasteiger partial charge in [-0.3, -0.25) is 4.98 Å². The van der Waals surface area contributed by atoms with Crippen LogP contribution in [0.5, 0.6) is 11.6 Å². The van der Waals surface area contributed by atoms with Crippen molar-refractivity contribution in [3.63, 3.8) is 0 Å². The molecule has 0 unspecified atom stereocenters. The second-order valence-electron chi connectivity index (χ2n) is 4.89. The minimum atomic E-state index is 0.393. The molecule has 2 aromatic rings. The molecule has 0 aromatic carbocycles. The van der Waals surface area contributed by atoms with Gasteiger partial charge in [0.2, 0.25) is 5.88 Å². The monoisotopic (exact) mass is 291 g/mol. The molecule has 1 N–H and O–H groups in total. The Bertz CT molecular complexity index is 570. The zero-order valence-electron chi connectivity index (χ0n) is 11.9. The van der Waals surface area contributed by atoms with Crippen LogP contribution in [-0.2, 0) is 6.54 Å².